The monoisotopic (exact) mass is 343 g/mol. The van der Waals surface area contributed by atoms with Crippen molar-refractivity contribution < 1.29 is 4.79 Å². The average molecular weight is 344 g/mol. The zero-order chi connectivity index (χ0) is 15.2. The van der Waals surface area contributed by atoms with Gasteiger partial charge < -0.3 is 10.6 Å². The molecule has 2 N–H and O–H groups in total. The number of benzene rings is 2. The summed E-state index contributed by atoms with van der Waals surface area (Å²) >= 11 is 3.43. The highest BCUT2D eigenvalue weighted by Gasteiger charge is 2.05. The smallest absolute Gasteiger partial charge is 0.243 e. The van der Waals surface area contributed by atoms with E-state index in [2.05, 4.69) is 32.6 Å². The summed E-state index contributed by atoms with van der Waals surface area (Å²) in [4.78, 5) is 11.9. The van der Waals surface area contributed by atoms with Gasteiger partial charge in [0, 0.05) is 10.2 Å². The number of carbonyl (C=O) groups is 1. The summed E-state index contributed by atoms with van der Waals surface area (Å²) < 4.78 is 0.947. The fourth-order valence-corrected chi connectivity index (χ4v) is 2.16. The van der Waals surface area contributed by atoms with Crippen molar-refractivity contribution in [3.05, 3.63) is 58.1 Å². The number of hydrogen-bond acceptors (Lipinski definition) is 3. The van der Waals surface area contributed by atoms with Crippen LogP contribution in [0.15, 0.2) is 46.9 Å². The Morgan fingerprint density at radius 1 is 1.29 bits per heavy atom. The molecular formula is C16H14BrN3O. The number of nitriles is 1. The van der Waals surface area contributed by atoms with Crippen molar-refractivity contribution >= 4 is 33.2 Å². The molecule has 0 heterocycles. The van der Waals surface area contributed by atoms with Crippen molar-refractivity contribution in [1.82, 2.24) is 0 Å². The molecule has 1 amide bonds. The Morgan fingerprint density at radius 2 is 2.05 bits per heavy atom. The standard InChI is InChI=1S/C16H14BrN3O/c1-11-6-7-13(8-14(11)17)20-16(21)10-19-15-5-3-2-4-12(15)9-18/h2-8,19H,10H2,1H3,(H,20,21). The molecule has 0 unspecified atom stereocenters. The highest BCUT2D eigenvalue weighted by Crippen LogP contribution is 2.20. The molecule has 0 aliphatic heterocycles. The lowest BCUT2D eigenvalue weighted by Gasteiger charge is -2.09. The normalized spacial score (nSPS) is 9.76. The summed E-state index contributed by atoms with van der Waals surface area (Å²) in [5, 5.41) is 14.7. The van der Waals surface area contributed by atoms with E-state index in [9.17, 15) is 4.79 Å². The maximum atomic E-state index is 11.9. The summed E-state index contributed by atoms with van der Waals surface area (Å²) in [5.74, 6) is -0.168. The van der Waals surface area contributed by atoms with Crippen LogP contribution in [0.3, 0.4) is 0 Å². The van der Waals surface area contributed by atoms with Crippen LogP contribution < -0.4 is 10.6 Å². The predicted molar refractivity (Wildman–Crippen MR) is 87.2 cm³/mol. The Labute approximate surface area is 131 Å². The van der Waals surface area contributed by atoms with Gasteiger partial charge >= 0.3 is 0 Å². The second-order valence-electron chi connectivity index (χ2n) is 4.52. The minimum atomic E-state index is -0.168. The van der Waals surface area contributed by atoms with Gasteiger partial charge in [0.05, 0.1) is 17.8 Å². The van der Waals surface area contributed by atoms with E-state index in [-0.39, 0.29) is 12.5 Å². The van der Waals surface area contributed by atoms with E-state index in [0.29, 0.717) is 11.3 Å². The van der Waals surface area contributed by atoms with Crippen molar-refractivity contribution in [2.75, 3.05) is 17.2 Å². The Morgan fingerprint density at radius 3 is 2.76 bits per heavy atom. The van der Waals surface area contributed by atoms with Gasteiger partial charge in [-0.15, -0.1) is 0 Å². The molecule has 0 saturated carbocycles. The second-order valence-corrected chi connectivity index (χ2v) is 5.38. The number of halogens is 1. The van der Waals surface area contributed by atoms with Gasteiger partial charge in [-0.3, -0.25) is 4.79 Å². The Balaban J connectivity index is 1.96. The van der Waals surface area contributed by atoms with Gasteiger partial charge in [-0.2, -0.15) is 5.26 Å². The summed E-state index contributed by atoms with van der Waals surface area (Å²) in [6, 6.07) is 14.8. The van der Waals surface area contributed by atoms with Crippen LogP contribution in [0, 0.1) is 18.3 Å². The third-order valence-corrected chi connectivity index (χ3v) is 3.80. The zero-order valence-electron chi connectivity index (χ0n) is 11.5. The van der Waals surface area contributed by atoms with Gasteiger partial charge in [-0.05, 0) is 36.8 Å². The first-order valence-electron chi connectivity index (χ1n) is 6.39. The van der Waals surface area contributed by atoms with Crippen LogP contribution in [0.5, 0.6) is 0 Å². The molecule has 0 fully saturated rings. The molecule has 0 bridgehead atoms. The average Bonchev–Trinajstić information content (AvgIpc) is 2.49. The molecule has 2 rings (SSSR count). The molecule has 0 radical (unpaired) electrons. The summed E-state index contributed by atoms with van der Waals surface area (Å²) in [5.41, 5.74) is 3.01. The molecule has 2 aromatic carbocycles. The Kier molecular flexibility index (Phi) is 4.96. The minimum absolute atomic E-state index is 0.101. The van der Waals surface area contributed by atoms with Gasteiger partial charge in [-0.1, -0.05) is 34.1 Å². The first-order chi connectivity index (χ1) is 10.1. The number of carbonyl (C=O) groups excluding carboxylic acids is 1. The summed E-state index contributed by atoms with van der Waals surface area (Å²) in [6.45, 7) is 2.08. The quantitative estimate of drug-likeness (QED) is 0.889. The molecule has 0 aliphatic carbocycles. The van der Waals surface area contributed by atoms with E-state index in [1.807, 2.05) is 31.2 Å². The number of aryl methyl sites for hydroxylation is 1. The molecule has 4 nitrogen and oxygen atoms in total. The number of amides is 1. The van der Waals surface area contributed by atoms with Gasteiger partial charge in [0.15, 0.2) is 0 Å². The highest BCUT2D eigenvalue weighted by atomic mass is 79.9. The van der Waals surface area contributed by atoms with Crippen LogP contribution in [-0.4, -0.2) is 12.5 Å². The van der Waals surface area contributed by atoms with Crippen molar-refractivity contribution in [1.29, 1.82) is 5.26 Å². The number of nitrogens with one attached hydrogen (secondary N) is 2. The maximum Gasteiger partial charge on any atom is 0.243 e. The van der Waals surface area contributed by atoms with Crippen molar-refractivity contribution in [3.63, 3.8) is 0 Å². The molecular weight excluding hydrogens is 330 g/mol. The highest BCUT2D eigenvalue weighted by molar-refractivity contribution is 9.10. The molecule has 0 aliphatic rings. The lowest BCUT2D eigenvalue weighted by atomic mass is 10.2. The van der Waals surface area contributed by atoms with Crippen LogP contribution in [-0.2, 0) is 4.79 Å². The fraction of sp³-hybridized carbons (Fsp3) is 0.125. The Bertz CT molecular complexity index is 707. The number of hydrogen-bond donors (Lipinski definition) is 2. The van der Waals surface area contributed by atoms with Gasteiger partial charge in [0.1, 0.15) is 6.07 Å². The largest absolute Gasteiger partial charge is 0.375 e. The van der Waals surface area contributed by atoms with Gasteiger partial charge in [-0.25, -0.2) is 0 Å². The van der Waals surface area contributed by atoms with Crippen LogP contribution in [0.1, 0.15) is 11.1 Å². The first-order valence-corrected chi connectivity index (χ1v) is 7.18. The van der Waals surface area contributed by atoms with E-state index >= 15 is 0 Å². The van der Waals surface area contributed by atoms with Crippen LogP contribution in [0.2, 0.25) is 0 Å². The number of rotatable bonds is 4. The van der Waals surface area contributed by atoms with Crippen LogP contribution in [0.25, 0.3) is 0 Å². The molecule has 106 valence electrons. The zero-order valence-corrected chi connectivity index (χ0v) is 13.1. The molecule has 21 heavy (non-hydrogen) atoms. The summed E-state index contributed by atoms with van der Waals surface area (Å²) in [7, 11) is 0. The maximum absolute atomic E-state index is 11.9. The molecule has 5 heteroatoms. The van der Waals surface area contributed by atoms with Gasteiger partial charge in [0.25, 0.3) is 0 Å². The topological polar surface area (TPSA) is 64.9 Å². The van der Waals surface area contributed by atoms with E-state index in [4.69, 9.17) is 5.26 Å². The van der Waals surface area contributed by atoms with Gasteiger partial charge in [0.2, 0.25) is 5.91 Å². The lowest BCUT2D eigenvalue weighted by molar-refractivity contribution is -0.114. The van der Waals surface area contributed by atoms with E-state index < -0.39 is 0 Å². The van der Waals surface area contributed by atoms with Crippen molar-refractivity contribution in [3.8, 4) is 6.07 Å². The molecule has 0 aromatic heterocycles. The van der Waals surface area contributed by atoms with Crippen LogP contribution >= 0.6 is 15.9 Å². The Hall–Kier alpha value is -2.32. The number of para-hydroxylation sites is 1. The van der Waals surface area contributed by atoms with E-state index in [1.165, 1.54) is 0 Å². The molecule has 0 atom stereocenters. The summed E-state index contributed by atoms with van der Waals surface area (Å²) in [6.07, 6.45) is 0. The minimum Gasteiger partial charge on any atom is -0.375 e. The van der Waals surface area contributed by atoms with Crippen LogP contribution in [0.4, 0.5) is 11.4 Å². The molecule has 2 aromatic rings. The third-order valence-electron chi connectivity index (χ3n) is 2.94. The predicted octanol–water partition coefficient (Wildman–Crippen LogP) is 3.68. The lowest BCUT2D eigenvalue weighted by Crippen LogP contribution is -2.22. The second kappa shape index (κ2) is 6.91. The molecule has 0 spiro atoms. The van der Waals surface area contributed by atoms with Crippen molar-refractivity contribution in [2.45, 2.75) is 6.92 Å². The number of nitrogens with zero attached hydrogens (tertiary/aromatic N) is 1. The van der Waals surface area contributed by atoms with Crippen molar-refractivity contribution in [2.24, 2.45) is 0 Å². The first kappa shape index (κ1) is 15.1. The molecule has 0 saturated heterocycles. The fourth-order valence-electron chi connectivity index (χ4n) is 1.79. The third kappa shape index (κ3) is 4.07. The SMILES string of the molecule is Cc1ccc(NC(=O)CNc2ccccc2C#N)cc1Br. The number of anilines is 2. The van der Waals surface area contributed by atoms with E-state index in [0.717, 1.165) is 15.7 Å². The van der Waals surface area contributed by atoms with E-state index in [1.54, 1.807) is 18.2 Å².